The number of aryl methyl sites for hydroxylation is 1. The van der Waals surface area contributed by atoms with E-state index in [1.165, 1.54) is 21.9 Å². The molecule has 5 nitrogen and oxygen atoms in total. The van der Waals surface area contributed by atoms with Crippen LogP contribution < -0.4 is 5.26 Å². The summed E-state index contributed by atoms with van der Waals surface area (Å²) >= 11 is -0.640. The van der Waals surface area contributed by atoms with Crippen LogP contribution in [0.1, 0.15) is 49.7 Å². The lowest BCUT2D eigenvalue weighted by Crippen LogP contribution is -2.56. The van der Waals surface area contributed by atoms with Crippen LogP contribution in [0.15, 0.2) is 36.4 Å². The maximum atomic E-state index is 13.9. The highest BCUT2D eigenvalue weighted by molar-refractivity contribution is 7.96. The summed E-state index contributed by atoms with van der Waals surface area (Å²) in [5, 5.41) is 11.3. The first-order valence-corrected chi connectivity index (χ1v) is 11.7. The molecule has 4 bridgehead atoms. The molecule has 4 aliphatic rings. The summed E-state index contributed by atoms with van der Waals surface area (Å²) in [6.07, 6.45) is 5.94. The van der Waals surface area contributed by atoms with Gasteiger partial charge in [0.2, 0.25) is 0 Å². The first-order valence-electron chi connectivity index (χ1n) is 10.9. The van der Waals surface area contributed by atoms with Crippen molar-refractivity contribution in [2.24, 2.45) is 17.3 Å². The zero-order valence-electron chi connectivity index (χ0n) is 17.8. The van der Waals surface area contributed by atoms with Crippen LogP contribution in [0.5, 0.6) is 0 Å². The first kappa shape index (κ1) is 22.1. The van der Waals surface area contributed by atoms with Crippen LogP contribution in [0.2, 0.25) is 0 Å². The Morgan fingerprint density at radius 1 is 1.12 bits per heavy atom. The summed E-state index contributed by atoms with van der Waals surface area (Å²) in [7, 11) is 0. The van der Waals surface area contributed by atoms with E-state index in [0.717, 1.165) is 38.5 Å². The second-order valence-corrected chi connectivity index (χ2v) is 10.8. The summed E-state index contributed by atoms with van der Waals surface area (Å²) < 4.78 is 36.5. The zero-order chi connectivity index (χ0) is 22.6. The lowest BCUT2D eigenvalue weighted by Gasteiger charge is -2.62. The third kappa shape index (κ3) is 3.71. The number of hydrogen-bond acceptors (Lipinski definition) is 6. The monoisotopic (exact) mass is 463 g/mol. The molecule has 6 rings (SSSR count). The van der Waals surface area contributed by atoms with Gasteiger partial charge in [-0.2, -0.15) is 13.1 Å². The molecule has 2 aromatic carbocycles. The molecule has 0 aromatic heterocycles. The molecule has 0 N–H and O–H groups in total. The van der Waals surface area contributed by atoms with Gasteiger partial charge in [-0.3, -0.25) is 5.04 Å². The Bertz CT molecular complexity index is 1030. The van der Waals surface area contributed by atoms with Crippen LogP contribution in [0.25, 0.3) is 10.8 Å². The van der Waals surface area contributed by atoms with Crippen molar-refractivity contribution in [2.75, 3.05) is 6.61 Å². The number of carbonyl (C=O) groups excluding carboxylic acids is 1. The number of carbonyl (C=O) groups is 1. The topological polar surface area (TPSA) is 67.8 Å². The highest BCUT2D eigenvalue weighted by Crippen LogP contribution is 2.66. The molecule has 0 heterocycles. The molecule has 172 valence electrons. The van der Waals surface area contributed by atoms with Gasteiger partial charge >= 0.3 is 11.2 Å². The van der Waals surface area contributed by atoms with Gasteiger partial charge in [-0.25, -0.2) is 4.79 Å². The standard InChI is InChI=1S/C24H26F2O5S/c1-15-6-7-20(19-5-3-2-4-18(15)19)23-11-16-8-17(12-23)10-22(9-16,13-23)14-29-21(27)24(25,26)32-31-30-28/h2-7,16-17,28H,8-14H2,1H3/p-1. The largest absolute Gasteiger partial charge is 0.691 e. The zero-order valence-corrected chi connectivity index (χ0v) is 18.6. The fraction of sp³-hybridized carbons (Fsp3) is 0.542. The summed E-state index contributed by atoms with van der Waals surface area (Å²) in [6, 6.07) is 12.9. The first-order chi connectivity index (χ1) is 15.3. The second kappa shape index (κ2) is 7.94. The van der Waals surface area contributed by atoms with Crippen molar-refractivity contribution >= 4 is 28.8 Å². The quantitative estimate of drug-likeness (QED) is 0.249. The SMILES string of the molecule is Cc1ccc(C23CC4CC(CC(COC(=O)C(F)(F)SOO[O-])(C4)C2)C3)c2ccccc12. The fourth-order valence-electron chi connectivity index (χ4n) is 7.24. The molecule has 0 amide bonds. The van der Waals surface area contributed by atoms with Crippen LogP contribution in [0.4, 0.5) is 8.78 Å². The average Bonchev–Trinajstić information content (AvgIpc) is 2.75. The van der Waals surface area contributed by atoms with E-state index in [2.05, 4.69) is 52.7 Å². The van der Waals surface area contributed by atoms with Crippen molar-refractivity contribution in [2.45, 2.75) is 56.1 Å². The van der Waals surface area contributed by atoms with E-state index >= 15 is 0 Å². The molecular formula is C24H25F2O5S-. The number of ether oxygens (including phenoxy) is 1. The Morgan fingerprint density at radius 2 is 1.81 bits per heavy atom. The van der Waals surface area contributed by atoms with E-state index in [1.54, 1.807) is 0 Å². The minimum atomic E-state index is -4.00. The third-order valence-electron chi connectivity index (χ3n) is 7.81. The number of hydrogen-bond donors (Lipinski definition) is 0. The van der Waals surface area contributed by atoms with Crippen LogP contribution in [-0.4, -0.2) is 17.8 Å². The molecule has 0 saturated heterocycles. The third-order valence-corrected chi connectivity index (χ3v) is 8.31. The van der Waals surface area contributed by atoms with Gasteiger partial charge in [-0.05, 0) is 84.6 Å². The van der Waals surface area contributed by atoms with Crippen LogP contribution >= 0.6 is 12.0 Å². The van der Waals surface area contributed by atoms with Crippen molar-refractivity contribution < 1.29 is 32.9 Å². The molecule has 8 heteroatoms. The predicted molar refractivity (Wildman–Crippen MR) is 113 cm³/mol. The normalized spacial score (nSPS) is 31.2. The predicted octanol–water partition coefficient (Wildman–Crippen LogP) is 4.99. The van der Waals surface area contributed by atoms with Crippen LogP contribution in [0, 0.1) is 24.2 Å². The van der Waals surface area contributed by atoms with E-state index < -0.39 is 23.3 Å². The molecule has 2 atom stereocenters. The number of esters is 1. The van der Waals surface area contributed by atoms with Gasteiger partial charge in [0.1, 0.15) is 12.0 Å². The Hall–Kier alpha value is -1.74. The van der Waals surface area contributed by atoms with Gasteiger partial charge in [0, 0.05) is 5.41 Å². The molecule has 0 spiro atoms. The summed E-state index contributed by atoms with van der Waals surface area (Å²) in [4.78, 5) is 12.0. The van der Waals surface area contributed by atoms with Crippen molar-refractivity contribution in [1.82, 2.24) is 0 Å². The van der Waals surface area contributed by atoms with Crippen molar-refractivity contribution in [3.8, 4) is 0 Å². The van der Waals surface area contributed by atoms with Gasteiger partial charge in [-0.15, -0.1) is 0 Å². The van der Waals surface area contributed by atoms with Crippen LogP contribution in [0.3, 0.4) is 0 Å². The Balaban J connectivity index is 1.43. The van der Waals surface area contributed by atoms with E-state index in [4.69, 9.17) is 4.74 Å². The van der Waals surface area contributed by atoms with Gasteiger partial charge in [-0.1, -0.05) is 36.4 Å². The van der Waals surface area contributed by atoms with Gasteiger partial charge in [0.25, 0.3) is 0 Å². The van der Waals surface area contributed by atoms with Crippen molar-refractivity contribution in [3.63, 3.8) is 0 Å². The highest BCUT2D eigenvalue weighted by atomic mass is 32.2. The molecule has 2 aromatic rings. The molecule has 4 saturated carbocycles. The van der Waals surface area contributed by atoms with Crippen LogP contribution in [-0.2, 0) is 24.3 Å². The average molecular weight is 464 g/mol. The molecule has 4 fully saturated rings. The maximum absolute atomic E-state index is 13.9. The molecule has 0 aliphatic heterocycles. The Kier molecular flexibility index (Phi) is 5.47. The van der Waals surface area contributed by atoms with Crippen molar-refractivity contribution in [3.05, 3.63) is 47.5 Å². The van der Waals surface area contributed by atoms with E-state index in [-0.39, 0.29) is 17.4 Å². The number of halogens is 2. The Morgan fingerprint density at radius 3 is 2.50 bits per heavy atom. The fourth-order valence-corrected chi connectivity index (χ4v) is 7.48. The Labute approximate surface area is 189 Å². The number of fused-ring (bicyclic) bond motifs is 1. The molecule has 0 radical (unpaired) electrons. The summed E-state index contributed by atoms with van der Waals surface area (Å²) in [6.45, 7) is 2.07. The van der Waals surface area contributed by atoms with E-state index in [9.17, 15) is 18.8 Å². The lowest BCUT2D eigenvalue weighted by molar-refractivity contribution is -0.777. The molecule has 32 heavy (non-hydrogen) atoms. The highest BCUT2D eigenvalue weighted by Gasteiger charge is 2.59. The van der Waals surface area contributed by atoms with Crippen molar-refractivity contribution in [1.29, 1.82) is 0 Å². The lowest BCUT2D eigenvalue weighted by atomic mass is 9.43. The molecular weight excluding hydrogens is 438 g/mol. The maximum Gasteiger partial charge on any atom is 0.415 e. The van der Waals surface area contributed by atoms with Gasteiger partial charge < -0.3 is 9.99 Å². The minimum Gasteiger partial charge on any atom is -0.691 e. The minimum absolute atomic E-state index is 0.0272. The van der Waals surface area contributed by atoms with E-state index in [1.807, 2.05) is 0 Å². The summed E-state index contributed by atoms with van der Waals surface area (Å²) in [5.74, 6) is -0.700. The van der Waals surface area contributed by atoms with Gasteiger partial charge in [0.05, 0.1) is 6.61 Å². The molecule has 4 aliphatic carbocycles. The van der Waals surface area contributed by atoms with E-state index in [0.29, 0.717) is 11.8 Å². The number of benzene rings is 2. The number of alkyl halides is 2. The second-order valence-electron chi connectivity index (χ2n) is 10.0. The summed E-state index contributed by atoms with van der Waals surface area (Å²) in [5.41, 5.74) is 2.25. The molecule has 2 unspecified atom stereocenters. The number of rotatable bonds is 7. The van der Waals surface area contributed by atoms with Gasteiger partial charge in [0.15, 0.2) is 0 Å². The smallest absolute Gasteiger partial charge is 0.415 e.